The molecule has 3 amide bonds. The molecule has 1 aromatic rings. The van der Waals surface area contributed by atoms with Crippen molar-refractivity contribution in [3.05, 3.63) is 35.9 Å². The lowest BCUT2D eigenvalue weighted by atomic mass is 10.2. The first kappa shape index (κ1) is 16.6. The highest BCUT2D eigenvalue weighted by atomic mass is 32.2. The van der Waals surface area contributed by atoms with Crippen LogP contribution in [0.25, 0.3) is 0 Å². The highest BCUT2D eigenvalue weighted by Crippen LogP contribution is 2.36. The lowest BCUT2D eigenvalue weighted by molar-refractivity contribution is -0.137. The second-order valence-electron chi connectivity index (χ2n) is 5.77. The molecule has 2 heterocycles. The third-order valence-electron chi connectivity index (χ3n) is 4.17. The fraction of sp³-hybridized carbons (Fsp3) is 0.438. The van der Waals surface area contributed by atoms with Gasteiger partial charge in [0.25, 0.3) is 0 Å². The van der Waals surface area contributed by atoms with Gasteiger partial charge in [0.2, 0.25) is 11.8 Å². The van der Waals surface area contributed by atoms with E-state index in [2.05, 4.69) is 5.32 Å². The van der Waals surface area contributed by atoms with Gasteiger partial charge in [-0.2, -0.15) is 0 Å². The maximum Gasteiger partial charge on any atom is 0.408 e. The third-order valence-corrected chi connectivity index (χ3v) is 5.45. The van der Waals surface area contributed by atoms with E-state index < -0.39 is 24.1 Å². The Kier molecular flexibility index (Phi) is 4.94. The zero-order valence-corrected chi connectivity index (χ0v) is 13.8. The van der Waals surface area contributed by atoms with E-state index >= 15 is 0 Å². The number of hydrogen-bond acceptors (Lipinski definition) is 5. The monoisotopic (exact) mass is 349 g/mol. The zero-order valence-electron chi connectivity index (χ0n) is 13.0. The van der Waals surface area contributed by atoms with Gasteiger partial charge in [0.05, 0.1) is 5.37 Å². The van der Waals surface area contributed by atoms with E-state index in [-0.39, 0.29) is 17.9 Å². The molecule has 7 nitrogen and oxygen atoms in total. The Bertz CT molecular complexity index is 639. The van der Waals surface area contributed by atoms with Crippen LogP contribution in [-0.4, -0.2) is 46.0 Å². The molecule has 3 rings (SSSR count). The number of primary amides is 1. The molecule has 0 aliphatic carbocycles. The molecule has 0 aromatic heterocycles. The van der Waals surface area contributed by atoms with E-state index in [1.54, 1.807) is 11.8 Å². The van der Waals surface area contributed by atoms with Crippen molar-refractivity contribution >= 4 is 29.7 Å². The van der Waals surface area contributed by atoms with Crippen LogP contribution in [0.5, 0.6) is 0 Å². The fourth-order valence-electron chi connectivity index (χ4n) is 3.00. The number of carbonyl (C=O) groups is 3. The number of nitrogens with two attached hydrogens (primary N) is 1. The standard InChI is InChI=1S/C16H19N3O4S/c17-14(20)12-6-7-24-13-8-11(15(21)19(12)13)18-16(22)23-9-10-4-2-1-3-5-10/h1-5,11-13H,6-9H2,(H2,17,20)(H,18,22)/t11-,12-,13-/m0/s1. The molecule has 0 saturated carbocycles. The molecule has 3 atom stereocenters. The fourth-order valence-corrected chi connectivity index (χ4v) is 4.37. The van der Waals surface area contributed by atoms with Crippen LogP contribution in [0.3, 0.4) is 0 Å². The number of hydrogen-bond donors (Lipinski definition) is 2. The number of alkyl carbamates (subject to hydrolysis) is 1. The summed E-state index contributed by atoms with van der Waals surface area (Å²) in [6.45, 7) is 0.138. The summed E-state index contributed by atoms with van der Waals surface area (Å²) >= 11 is 1.60. The molecule has 128 valence electrons. The third kappa shape index (κ3) is 3.48. The Morgan fingerprint density at radius 3 is 2.79 bits per heavy atom. The first-order valence-electron chi connectivity index (χ1n) is 7.76. The quantitative estimate of drug-likeness (QED) is 0.838. The normalized spacial score (nSPS) is 25.9. The molecule has 0 bridgehead atoms. The largest absolute Gasteiger partial charge is 0.445 e. The molecule has 2 saturated heterocycles. The molecule has 2 aliphatic rings. The molecule has 0 unspecified atom stereocenters. The Balaban J connectivity index is 1.57. The van der Waals surface area contributed by atoms with Crippen molar-refractivity contribution in [1.82, 2.24) is 10.2 Å². The van der Waals surface area contributed by atoms with Gasteiger partial charge in [-0.25, -0.2) is 4.79 Å². The number of carbonyl (C=O) groups excluding carboxylic acids is 3. The molecular weight excluding hydrogens is 330 g/mol. The predicted molar refractivity (Wildman–Crippen MR) is 88.9 cm³/mol. The number of thioether (sulfide) groups is 1. The Morgan fingerprint density at radius 1 is 1.33 bits per heavy atom. The summed E-state index contributed by atoms with van der Waals surface area (Å²) in [5.41, 5.74) is 6.26. The second kappa shape index (κ2) is 7.12. The van der Waals surface area contributed by atoms with Crippen molar-refractivity contribution in [3.8, 4) is 0 Å². The van der Waals surface area contributed by atoms with E-state index in [1.807, 2.05) is 30.3 Å². The van der Waals surface area contributed by atoms with Gasteiger partial charge in [0.1, 0.15) is 18.7 Å². The smallest absolute Gasteiger partial charge is 0.408 e. The van der Waals surface area contributed by atoms with Gasteiger partial charge in [-0.3, -0.25) is 9.59 Å². The van der Waals surface area contributed by atoms with Crippen molar-refractivity contribution in [2.24, 2.45) is 5.73 Å². The van der Waals surface area contributed by atoms with Crippen LogP contribution in [0, 0.1) is 0 Å². The molecule has 0 spiro atoms. The van der Waals surface area contributed by atoms with Gasteiger partial charge in [0.15, 0.2) is 0 Å². The average molecular weight is 349 g/mol. The van der Waals surface area contributed by atoms with Gasteiger partial charge in [-0.1, -0.05) is 30.3 Å². The summed E-state index contributed by atoms with van der Waals surface area (Å²) in [5, 5.41) is 2.47. The van der Waals surface area contributed by atoms with E-state index in [0.29, 0.717) is 12.8 Å². The topological polar surface area (TPSA) is 102 Å². The SMILES string of the molecule is NC(=O)[C@@H]1CCS[C@H]2C[C@H](NC(=O)OCc3ccccc3)C(=O)N21. The summed E-state index contributed by atoms with van der Waals surface area (Å²) in [6, 6.07) is 8.03. The first-order chi connectivity index (χ1) is 11.6. The number of rotatable bonds is 4. The highest BCUT2D eigenvalue weighted by molar-refractivity contribution is 7.99. The van der Waals surface area contributed by atoms with E-state index in [4.69, 9.17) is 10.5 Å². The summed E-state index contributed by atoms with van der Waals surface area (Å²) in [7, 11) is 0. The molecule has 2 aliphatic heterocycles. The summed E-state index contributed by atoms with van der Waals surface area (Å²) in [5.74, 6) is 0.00126. The zero-order chi connectivity index (χ0) is 17.1. The molecule has 3 N–H and O–H groups in total. The van der Waals surface area contributed by atoms with Gasteiger partial charge >= 0.3 is 6.09 Å². The Hall–Kier alpha value is -2.22. The predicted octanol–water partition coefficient (Wildman–Crippen LogP) is 0.831. The summed E-state index contributed by atoms with van der Waals surface area (Å²) < 4.78 is 5.15. The molecule has 2 fully saturated rings. The maximum atomic E-state index is 12.5. The number of nitrogens with one attached hydrogen (secondary N) is 1. The number of nitrogens with zero attached hydrogens (tertiary/aromatic N) is 1. The van der Waals surface area contributed by atoms with Crippen LogP contribution in [0.4, 0.5) is 4.79 Å². The van der Waals surface area contributed by atoms with E-state index in [0.717, 1.165) is 11.3 Å². The molecule has 8 heteroatoms. The maximum absolute atomic E-state index is 12.5. The van der Waals surface area contributed by atoms with Gasteiger partial charge in [-0.15, -0.1) is 11.8 Å². The first-order valence-corrected chi connectivity index (χ1v) is 8.81. The van der Waals surface area contributed by atoms with Crippen LogP contribution >= 0.6 is 11.8 Å². The number of benzene rings is 1. The summed E-state index contributed by atoms with van der Waals surface area (Å²) in [6.07, 6.45) is 0.360. The van der Waals surface area contributed by atoms with Crippen LogP contribution in [0.1, 0.15) is 18.4 Å². The Morgan fingerprint density at radius 2 is 2.08 bits per heavy atom. The second-order valence-corrected chi connectivity index (χ2v) is 7.06. The van der Waals surface area contributed by atoms with Crippen LogP contribution in [0.15, 0.2) is 30.3 Å². The lowest BCUT2D eigenvalue weighted by Gasteiger charge is -2.35. The molecular formula is C16H19N3O4S. The molecule has 0 radical (unpaired) electrons. The van der Waals surface area contributed by atoms with Gasteiger partial charge < -0.3 is 20.7 Å². The van der Waals surface area contributed by atoms with Crippen molar-refractivity contribution in [3.63, 3.8) is 0 Å². The van der Waals surface area contributed by atoms with Crippen molar-refractivity contribution in [2.75, 3.05) is 5.75 Å². The van der Waals surface area contributed by atoms with Crippen molar-refractivity contribution in [1.29, 1.82) is 0 Å². The number of ether oxygens (including phenoxy) is 1. The average Bonchev–Trinajstić information content (AvgIpc) is 2.90. The minimum Gasteiger partial charge on any atom is -0.445 e. The number of fused-ring (bicyclic) bond motifs is 1. The van der Waals surface area contributed by atoms with E-state index in [1.165, 1.54) is 4.90 Å². The lowest BCUT2D eigenvalue weighted by Crippen LogP contribution is -2.52. The molecule has 24 heavy (non-hydrogen) atoms. The van der Waals surface area contributed by atoms with Crippen LogP contribution in [0.2, 0.25) is 0 Å². The van der Waals surface area contributed by atoms with Crippen molar-refractivity contribution < 1.29 is 19.1 Å². The summed E-state index contributed by atoms with van der Waals surface area (Å²) in [4.78, 5) is 37.5. The number of amides is 3. The minimum atomic E-state index is -0.675. The minimum absolute atomic E-state index is 0.122. The Labute approximate surface area is 143 Å². The van der Waals surface area contributed by atoms with Crippen LogP contribution < -0.4 is 11.1 Å². The highest BCUT2D eigenvalue weighted by Gasteiger charge is 2.47. The van der Waals surface area contributed by atoms with Gasteiger partial charge in [-0.05, 0) is 17.7 Å². The van der Waals surface area contributed by atoms with Crippen LogP contribution in [-0.2, 0) is 20.9 Å². The molecule has 1 aromatic carbocycles. The van der Waals surface area contributed by atoms with Crippen molar-refractivity contribution in [2.45, 2.75) is 36.9 Å². The van der Waals surface area contributed by atoms with Gasteiger partial charge in [0, 0.05) is 6.42 Å². The van der Waals surface area contributed by atoms with E-state index in [9.17, 15) is 14.4 Å².